The lowest BCUT2D eigenvalue weighted by atomic mass is 10.2. The highest BCUT2D eigenvalue weighted by molar-refractivity contribution is 6.69. The van der Waals surface area contributed by atoms with Crippen LogP contribution in [0, 0.1) is 0 Å². The molecule has 0 aliphatic rings. The molecule has 1 aromatic carbocycles. The molecule has 17 heavy (non-hydrogen) atoms. The molecule has 0 saturated heterocycles. The fraction of sp³-hybridized carbons (Fsp3) is 0.0833. The molecule has 0 unspecified atom stereocenters. The van der Waals surface area contributed by atoms with Crippen molar-refractivity contribution in [1.29, 1.82) is 0 Å². The summed E-state index contributed by atoms with van der Waals surface area (Å²) in [5.41, 5.74) is 1.27. The van der Waals surface area contributed by atoms with Gasteiger partial charge in [0.25, 0.3) is 0 Å². The first kappa shape index (κ1) is 11.5. The van der Waals surface area contributed by atoms with E-state index in [1.165, 1.54) is 6.92 Å². The lowest BCUT2D eigenvalue weighted by Crippen LogP contribution is -1.99. The van der Waals surface area contributed by atoms with Gasteiger partial charge in [-0.15, -0.1) is 0 Å². The zero-order valence-corrected chi connectivity index (χ0v) is 9.81. The number of rotatable bonds is 2. The van der Waals surface area contributed by atoms with Crippen molar-refractivity contribution in [2.75, 3.05) is 0 Å². The van der Waals surface area contributed by atoms with Gasteiger partial charge in [-0.2, -0.15) is 0 Å². The highest BCUT2D eigenvalue weighted by atomic mass is 35.5. The summed E-state index contributed by atoms with van der Waals surface area (Å²) in [5, 5.41) is 4.53. The Labute approximate surface area is 103 Å². The van der Waals surface area contributed by atoms with Gasteiger partial charge < -0.3 is 4.84 Å². The first-order valence-corrected chi connectivity index (χ1v) is 5.32. The second kappa shape index (κ2) is 4.93. The van der Waals surface area contributed by atoms with E-state index in [9.17, 15) is 4.79 Å². The molecule has 0 atom stereocenters. The summed E-state index contributed by atoms with van der Waals surface area (Å²) < 4.78 is 0. The SMILES string of the molecule is CC(=O)ON=C(Cl)c1ccc2ccccc2n1. The van der Waals surface area contributed by atoms with Gasteiger partial charge in [-0.25, -0.2) is 9.78 Å². The predicted molar refractivity (Wildman–Crippen MR) is 65.9 cm³/mol. The molecule has 0 radical (unpaired) electrons. The Morgan fingerprint density at radius 3 is 2.82 bits per heavy atom. The van der Waals surface area contributed by atoms with E-state index in [2.05, 4.69) is 15.0 Å². The van der Waals surface area contributed by atoms with Crippen LogP contribution in [-0.4, -0.2) is 16.1 Å². The molecule has 5 heteroatoms. The number of aromatic nitrogens is 1. The van der Waals surface area contributed by atoms with Crippen molar-refractivity contribution in [3.8, 4) is 0 Å². The quantitative estimate of drug-likeness (QED) is 0.466. The summed E-state index contributed by atoms with van der Waals surface area (Å²) in [6, 6.07) is 11.2. The molecule has 0 saturated carbocycles. The van der Waals surface area contributed by atoms with Crippen LogP contribution in [0.15, 0.2) is 41.6 Å². The molecular formula is C12H9ClN2O2. The second-order valence-electron chi connectivity index (χ2n) is 3.35. The van der Waals surface area contributed by atoms with Crippen molar-refractivity contribution < 1.29 is 9.63 Å². The third kappa shape index (κ3) is 2.79. The number of hydrogen-bond acceptors (Lipinski definition) is 4. The molecule has 2 aromatic rings. The molecule has 0 N–H and O–H groups in total. The molecular weight excluding hydrogens is 240 g/mol. The zero-order chi connectivity index (χ0) is 12.3. The Hall–Kier alpha value is -1.94. The van der Waals surface area contributed by atoms with E-state index in [1.807, 2.05) is 30.3 Å². The topological polar surface area (TPSA) is 51.5 Å². The van der Waals surface area contributed by atoms with Crippen molar-refractivity contribution >= 4 is 33.6 Å². The average Bonchev–Trinajstić information content (AvgIpc) is 2.35. The molecule has 0 aliphatic carbocycles. The second-order valence-corrected chi connectivity index (χ2v) is 3.71. The Morgan fingerprint density at radius 1 is 1.29 bits per heavy atom. The molecule has 1 aromatic heterocycles. The lowest BCUT2D eigenvalue weighted by molar-refractivity contribution is -0.140. The van der Waals surface area contributed by atoms with Crippen molar-refractivity contribution in [2.45, 2.75) is 6.92 Å². The number of pyridine rings is 1. The van der Waals surface area contributed by atoms with Gasteiger partial charge >= 0.3 is 5.97 Å². The average molecular weight is 249 g/mol. The highest BCUT2D eigenvalue weighted by Gasteiger charge is 2.04. The number of nitrogens with zero attached hydrogens (tertiary/aromatic N) is 2. The first-order valence-electron chi connectivity index (χ1n) is 4.94. The summed E-state index contributed by atoms with van der Waals surface area (Å²) in [6.45, 7) is 1.25. The Bertz CT molecular complexity index is 596. The molecule has 0 amide bonds. The molecule has 0 bridgehead atoms. The number of oxime groups is 1. The Balaban J connectivity index is 2.36. The van der Waals surface area contributed by atoms with E-state index in [0.29, 0.717) is 5.69 Å². The molecule has 0 fully saturated rings. The van der Waals surface area contributed by atoms with E-state index in [0.717, 1.165) is 10.9 Å². The fourth-order valence-electron chi connectivity index (χ4n) is 1.33. The molecule has 86 valence electrons. The molecule has 0 aliphatic heterocycles. The number of benzene rings is 1. The van der Waals surface area contributed by atoms with Gasteiger partial charge in [0.05, 0.1) is 5.52 Å². The van der Waals surface area contributed by atoms with Gasteiger partial charge in [0, 0.05) is 12.3 Å². The minimum Gasteiger partial charge on any atom is -0.317 e. The first-order chi connectivity index (χ1) is 8.16. The van der Waals surface area contributed by atoms with Crippen molar-refractivity contribution in [3.05, 3.63) is 42.1 Å². The maximum atomic E-state index is 10.6. The van der Waals surface area contributed by atoms with Gasteiger partial charge in [-0.3, -0.25) is 0 Å². The number of carbonyl (C=O) groups excluding carboxylic acids is 1. The largest absolute Gasteiger partial charge is 0.332 e. The van der Waals surface area contributed by atoms with Crippen LogP contribution in [0.3, 0.4) is 0 Å². The smallest absolute Gasteiger partial charge is 0.317 e. The summed E-state index contributed by atoms with van der Waals surface area (Å²) >= 11 is 5.86. The molecule has 1 heterocycles. The van der Waals surface area contributed by atoms with E-state index in [1.54, 1.807) is 6.07 Å². The summed E-state index contributed by atoms with van der Waals surface area (Å²) in [7, 11) is 0. The van der Waals surface area contributed by atoms with Crippen LogP contribution < -0.4 is 0 Å². The minimum absolute atomic E-state index is 0.0472. The van der Waals surface area contributed by atoms with Crippen molar-refractivity contribution in [1.82, 2.24) is 4.98 Å². The molecule has 4 nitrogen and oxygen atoms in total. The van der Waals surface area contributed by atoms with Gasteiger partial charge in [0.1, 0.15) is 5.69 Å². The number of fused-ring (bicyclic) bond motifs is 1. The van der Waals surface area contributed by atoms with Gasteiger partial charge in [0.15, 0.2) is 5.17 Å². The van der Waals surface area contributed by atoms with E-state index in [-0.39, 0.29) is 5.17 Å². The van der Waals surface area contributed by atoms with Crippen molar-refractivity contribution in [3.63, 3.8) is 0 Å². The number of halogens is 1. The van der Waals surface area contributed by atoms with Crippen molar-refractivity contribution in [2.24, 2.45) is 5.16 Å². The standard InChI is InChI=1S/C12H9ClN2O2/c1-8(16)17-15-12(13)11-7-6-9-4-2-3-5-10(9)14-11/h2-7H,1H3. The van der Waals surface area contributed by atoms with E-state index in [4.69, 9.17) is 11.6 Å². The van der Waals surface area contributed by atoms with Gasteiger partial charge in [-0.05, 0) is 12.1 Å². The predicted octanol–water partition coefficient (Wildman–Crippen LogP) is 2.70. The van der Waals surface area contributed by atoms with Crippen LogP contribution >= 0.6 is 11.6 Å². The fourth-order valence-corrected chi connectivity index (χ4v) is 1.47. The monoisotopic (exact) mass is 248 g/mol. The molecule has 0 spiro atoms. The van der Waals surface area contributed by atoms with E-state index < -0.39 is 5.97 Å². The van der Waals surface area contributed by atoms with Gasteiger partial charge in [-0.1, -0.05) is 41.0 Å². The zero-order valence-electron chi connectivity index (χ0n) is 9.05. The third-order valence-corrected chi connectivity index (χ3v) is 2.33. The molecule has 2 rings (SSSR count). The maximum absolute atomic E-state index is 10.6. The van der Waals surface area contributed by atoms with E-state index >= 15 is 0 Å². The minimum atomic E-state index is -0.524. The Kier molecular flexibility index (Phi) is 3.35. The summed E-state index contributed by atoms with van der Waals surface area (Å²) in [4.78, 5) is 19.3. The number of carbonyl (C=O) groups is 1. The Morgan fingerprint density at radius 2 is 2.06 bits per heavy atom. The lowest BCUT2D eigenvalue weighted by Gasteiger charge is -2.00. The van der Waals surface area contributed by atoms with Crippen LogP contribution in [0.1, 0.15) is 12.6 Å². The number of hydrogen-bond donors (Lipinski definition) is 0. The van der Waals surface area contributed by atoms with Crippen LogP contribution in [0.4, 0.5) is 0 Å². The summed E-state index contributed by atoms with van der Waals surface area (Å²) in [5.74, 6) is -0.524. The maximum Gasteiger partial charge on any atom is 0.332 e. The van der Waals surface area contributed by atoms with Gasteiger partial charge in [0.2, 0.25) is 0 Å². The summed E-state index contributed by atoms with van der Waals surface area (Å²) in [6.07, 6.45) is 0. The van der Waals surface area contributed by atoms with Crippen LogP contribution in [0.5, 0.6) is 0 Å². The van der Waals surface area contributed by atoms with Crippen LogP contribution in [0.2, 0.25) is 0 Å². The van der Waals surface area contributed by atoms with Crippen LogP contribution in [0.25, 0.3) is 10.9 Å². The third-order valence-electron chi connectivity index (χ3n) is 2.06. The highest BCUT2D eigenvalue weighted by Crippen LogP contribution is 2.13. The number of para-hydroxylation sites is 1. The van der Waals surface area contributed by atoms with Crippen LogP contribution in [-0.2, 0) is 9.63 Å². The normalized spacial score (nSPS) is 11.5.